The van der Waals surface area contributed by atoms with Crippen LogP contribution < -0.4 is 10.7 Å². The van der Waals surface area contributed by atoms with Crippen molar-refractivity contribution < 1.29 is 9.59 Å². The van der Waals surface area contributed by atoms with Gasteiger partial charge in [0, 0.05) is 12.7 Å². The number of benzene rings is 1. The quantitative estimate of drug-likeness (QED) is 0.459. The summed E-state index contributed by atoms with van der Waals surface area (Å²) in [5.41, 5.74) is 4.06. The summed E-state index contributed by atoms with van der Waals surface area (Å²) in [4.78, 5) is 27.2. The van der Waals surface area contributed by atoms with Crippen molar-refractivity contribution in [2.45, 2.75) is 12.8 Å². The number of amides is 2. The zero-order chi connectivity index (χ0) is 16.3. The van der Waals surface area contributed by atoms with Crippen molar-refractivity contribution in [2.75, 3.05) is 6.54 Å². The molecule has 2 aromatic rings. The average molecular weight is 310 g/mol. The number of carbonyl (C=O) groups excluding carboxylic acids is 2. The van der Waals surface area contributed by atoms with Gasteiger partial charge in [0.15, 0.2) is 0 Å². The van der Waals surface area contributed by atoms with E-state index in [1.54, 1.807) is 18.3 Å². The highest BCUT2D eigenvalue weighted by Gasteiger charge is 2.07. The van der Waals surface area contributed by atoms with E-state index in [0.717, 1.165) is 12.0 Å². The summed E-state index contributed by atoms with van der Waals surface area (Å²) in [6.45, 7) is 0.493. The standard InChI is InChI=1S/C17H18N4O2/c22-16(19-11-9-14-6-2-1-3-7-14)12-17(23)21-20-13-15-8-4-5-10-18-15/h1-8,10,13H,9,11-12H2,(H,19,22)(H,21,23)/b20-13-. The number of hydrogen-bond acceptors (Lipinski definition) is 4. The molecule has 2 N–H and O–H groups in total. The molecule has 6 heteroatoms. The van der Waals surface area contributed by atoms with Crippen molar-refractivity contribution in [2.24, 2.45) is 5.10 Å². The molecule has 0 aliphatic rings. The molecule has 2 amide bonds. The summed E-state index contributed by atoms with van der Waals surface area (Å²) >= 11 is 0. The third-order valence-corrected chi connectivity index (χ3v) is 2.97. The van der Waals surface area contributed by atoms with E-state index in [9.17, 15) is 9.59 Å². The third-order valence-electron chi connectivity index (χ3n) is 2.97. The molecule has 0 aliphatic heterocycles. The first-order valence-corrected chi connectivity index (χ1v) is 7.27. The Morgan fingerprint density at radius 1 is 1.04 bits per heavy atom. The normalized spacial score (nSPS) is 10.4. The fourth-order valence-electron chi connectivity index (χ4n) is 1.86. The lowest BCUT2D eigenvalue weighted by Crippen LogP contribution is -2.31. The maximum absolute atomic E-state index is 11.6. The van der Waals surface area contributed by atoms with Crippen LogP contribution in [0.15, 0.2) is 59.8 Å². The smallest absolute Gasteiger partial charge is 0.249 e. The van der Waals surface area contributed by atoms with Crippen LogP contribution in [0.25, 0.3) is 0 Å². The van der Waals surface area contributed by atoms with Gasteiger partial charge in [-0.25, -0.2) is 5.43 Å². The van der Waals surface area contributed by atoms with E-state index in [1.807, 2.05) is 36.4 Å². The minimum atomic E-state index is -0.464. The Balaban J connectivity index is 1.64. The van der Waals surface area contributed by atoms with Gasteiger partial charge in [-0.15, -0.1) is 0 Å². The topological polar surface area (TPSA) is 83.5 Å². The van der Waals surface area contributed by atoms with Gasteiger partial charge in [-0.3, -0.25) is 14.6 Å². The van der Waals surface area contributed by atoms with Crippen molar-refractivity contribution in [1.29, 1.82) is 0 Å². The van der Waals surface area contributed by atoms with E-state index in [0.29, 0.717) is 12.2 Å². The molecule has 0 bridgehead atoms. The Morgan fingerprint density at radius 3 is 2.57 bits per heavy atom. The number of pyridine rings is 1. The van der Waals surface area contributed by atoms with Crippen LogP contribution >= 0.6 is 0 Å². The monoisotopic (exact) mass is 310 g/mol. The predicted molar refractivity (Wildman–Crippen MR) is 87.7 cm³/mol. The highest BCUT2D eigenvalue weighted by molar-refractivity contribution is 5.97. The molecule has 1 aromatic carbocycles. The minimum absolute atomic E-state index is 0.256. The first-order chi connectivity index (χ1) is 11.2. The molecule has 0 atom stereocenters. The molecule has 23 heavy (non-hydrogen) atoms. The zero-order valence-electron chi connectivity index (χ0n) is 12.6. The number of aromatic nitrogens is 1. The Hall–Kier alpha value is -3.02. The van der Waals surface area contributed by atoms with Crippen LogP contribution in [0.1, 0.15) is 17.7 Å². The average Bonchev–Trinajstić information content (AvgIpc) is 2.57. The highest BCUT2D eigenvalue weighted by Crippen LogP contribution is 1.98. The number of nitrogens with one attached hydrogen (secondary N) is 2. The number of nitrogens with zero attached hydrogens (tertiary/aromatic N) is 2. The SMILES string of the molecule is O=C(CC(=O)N/N=C\c1ccccn1)NCCc1ccccc1. The van der Waals surface area contributed by atoms with Crippen molar-refractivity contribution in [3.8, 4) is 0 Å². The van der Waals surface area contributed by atoms with E-state index in [1.165, 1.54) is 6.21 Å². The second-order valence-electron chi connectivity index (χ2n) is 4.81. The van der Waals surface area contributed by atoms with Crippen LogP contribution in [-0.2, 0) is 16.0 Å². The lowest BCUT2D eigenvalue weighted by atomic mass is 10.1. The van der Waals surface area contributed by atoms with Crippen molar-refractivity contribution in [1.82, 2.24) is 15.7 Å². The van der Waals surface area contributed by atoms with Gasteiger partial charge in [0.2, 0.25) is 11.8 Å². The van der Waals surface area contributed by atoms with Gasteiger partial charge in [-0.1, -0.05) is 36.4 Å². The minimum Gasteiger partial charge on any atom is -0.355 e. The van der Waals surface area contributed by atoms with Gasteiger partial charge in [0.25, 0.3) is 0 Å². The molecular formula is C17H18N4O2. The van der Waals surface area contributed by atoms with Gasteiger partial charge >= 0.3 is 0 Å². The second kappa shape index (κ2) is 9.09. The number of hydrogen-bond donors (Lipinski definition) is 2. The molecule has 0 saturated heterocycles. The highest BCUT2D eigenvalue weighted by atomic mass is 16.2. The zero-order valence-corrected chi connectivity index (χ0v) is 12.6. The molecule has 6 nitrogen and oxygen atoms in total. The molecule has 1 heterocycles. The molecule has 0 radical (unpaired) electrons. The Bertz CT molecular complexity index is 657. The van der Waals surface area contributed by atoms with Gasteiger partial charge in [0.1, 0.15) is 6.42 Å². The van der Waals surface area contributed by atoms with E-state index >= 15 is 0 Å². The van der Waals surface area contributed by atoms with Crippen LogP contribution in [-0.4, -0.2) is 29.6 Å². The van der Waals surface area contributed by atoms with Crippen LogP contribution in [0.4, 0.5) is 0 Å². The lowest BCUT2D eigenvalue weighted by Gasteiger charge is -2.04. The Morgan fingerprint density at radius 2 is 1.83 bits per heavy atom. The summed E-state index contributed by atoms with van der Waals surface area (Å²) in [5, 5.41) is 6.46. The van der Waals surface area contributed by atoms with Crippen molar-refractivity contribution in [3.63, 3.8) is 0 Å². The fraction of sp³-hybridized carbons (Fsp3) is 0.176. The van der Waals surface area contributed by atoms with Crippen molar-refractivity contribution >= 4 is 18.0 Å². The third kappa shape index (κ3) is 6.52. The lowest BCUT2D eigenvalue weighted by molar-refractivity contribution is -0.129. The van der Waals surface area contributed by atoms with Crippen LogP contribution in [0.3, 0.4) is 0 Å². The largest absolute Gasteiger partial charge is 0.355 e. The number of rotatable bonds is 7. The Kier molecular flexibility index (Phi) is 6.46. The van der Waals surface area contributed by atoms with Crippen molar-refractivity contribution in [3.05, 3.63) is 66.0 Å². The maximum atomic E-state index is 11.6. The molecule has 0 unspecified atom stereocenters. The molecule has 1 aromatic heterocycles. The number of carbonyl (C=O) groups is 2. The van der Waals surface area contributed by atoms with Gasteiger partial charge in [-0.2, -0.15) is 5.10 Å². The summed E-state index contributed by atoms with van der Waals surface area (Å²) in [5.74, 6) is -0.791. The summed E-state index contributed by atoms with van der Waals surface area (Å²) in [7, 11) is 0. The molecule has 2 rings (SSSR count). The van der Waals surface area contributed by atoms with Crippen LogP contribution in [0.5, 0.6) is 0 Å². The molecule has 118 valence electrons. The van der Waals surface area contributed by atoms with Gasteiger partial charge in [-0.05, 0) is 24.1 Å². The first kappa shape index (κ1) is 16.4. The fourth-order valence-corrected chi connectivity index (χ4v) is 1.86. The second-order valence-corrected chi connectivity index (χ2v) is 4.81. The molecule has 0 aliphatic carbocycles. The van der Waals surface area contributed by atoms with E-state index in [2.05, 4.69) is 20.8 Å². The molecule has 0 saturated carbocycles. The summed E-state index contributed by atoms with van der Waals surface area (Å²) in [6.07, 6.45) is 3.52. The van der Waals surface area contributed by atoms with Crippen LogP contribution in [0.2, 0.25) is 0 Å². The van der Waals surface area contributed by atoms with Crippen LogP contribution in [0, 0.1) is 0 Å². The van der Waals surface area contributed by atoms with E-state index in [4.69, 9.17) is 0 Å². The molecule has 0 spiro atoms. The Labute approximate surface area is 134 Å². The first-order valence-electron chi connectivity index (χ1n) is 7.27. The summed E-state index contributed by atoms with van der Waals surface area (Å²) < 4.78 is 0. The molecule has 0 fully saturated rings. The molecular weight excluding hydrogens is 292 g/mol. The van der Waals surface area contributed by atoms with Gasteiger partial charge in [0.05, 0.1) is 11.9 Å². The predicted octanol–water partition coefficient (Wildman–Crippen LogP) is 1.28. The van der Waals surface area contributed by atoms with E-state index < -0.39 is 5.91 Å². The van der Waals surface area contributed by atoms with E-state index in [-0.39, 0.29) is 12.3 Å². The maximum Gasteiger partial charge on any atom is 0.249 e. The van der Waals surface area contributed by atoms with Gasteiger partial charge < -0.3 is 5.32 Å². The number of hydrazone groups is 1. The summed E-state index contributed by atoms with van der Waals surface area (Å²) in [6, 6.07) is 15.2.